The molecule has 0 spiro atoms. The average Bonchev–Trinajstić information content (AvgIpc) is 2.71. The molecule has 0 atom stereocenters. The Morgan fingerprint density at radius 1 is 1.23 bits per heavy atom. The molecule has 0 aromatic heterocycles. The largest absolute Gasteiger partial charge is 0.353 e. The number of hydrogen-bond donors (Lipinski definition) is 2. The molecule has 2 aromatic rings. The minimum atomic E-state index is -0.336. The van der Waals surface area contributed by atoms with Crippen LogP contribution in [-0.2, 0) is 9.59 Å². The van der Waals surface area contributed by atoms with E-state index in [0.717, 1.165) is 31.3 Å². The Hall–Kier alpha value is -3.03. The van der Waals surface area contributed by atoms with Gasteiger partial charge >= 0.3 is 0 Å². The zero-order valence-electron chi connectivity index (χ0n) is 16.8. The highest BCUT2D eigenvalue weighted by molar-refractivity contribution is 6.30. The number of halogens is 2. The molecule has 1 heterocycles. The smallest absolute Gasteiger partial charge is 0.207 e. The molecular weight excluding hydrogens is 407 g/mol. The van der Waals surface area contributed by atoms with Gasteiger partial charge in [-0.25, -0.2) is 4.39 Å². The van der Waals surface area contributed by atoms with Crippen molar-refractivity contribution < 1.29 is 14.0 Å². The van der Waals surface area contributed by atoms with Crippen LogP contribution in [0, 0.1) is 5.82 Å². The third-order valence-electron chi connectivity index (χ3n) is 4.22. The minimum absolute atomic E-state index is 0.336. The fourth-order valence-corrected chi connectivity index (χ4v) is 2.57. The Morgan fingerprint density at radius 2 is 1.93 bits per heavy atom. The average molecular weight is 431 g/mol. The van der Waals surface area contributed by atoms with Crippen molar-refractivity contribution in [3.63, 3.8) is 0 Å². The molecule has 0 bridgehead atoms. The van der Waals surface area contributed by atoms with Crippen molar-refractivity contribution in [2.75, 3.05) is 25.1 Å². The molecule has 8 heteroatoms. The fourth-order valence-electron chi connectivity index (χ4n) is 2.44. The van der Waals surface area contributed by atoms with Gasteiger partial charge in [-0.3, -0.25) is 14.6 Å². The Bertz CT molecular complexity index is 912. The number of carbonyl (C=O) groups excluding carboxylic acids is 2. The molecule has 2 aromatic carbocycles. The lowest BCUT2D eigenvalue weighted by Crippen LogP contribution is -2.54. The SMILES string of the molecule is C/C(C=O)=C/C(=N\N(C)c1cccc(F)c1)c1ccc(Cl)cc1.O=CNC1CNC1. The Morgan fingerprint density at radius 3 is 2.43 bits per heavy atom. The molecule has 158 valence electrons. The normalized spacial score (nSPS) is 14.1. The van der Waals surface area contributed by atoms with Crippen LogP contribution in [0.25, 0.3) is 0 Å². The van der Waals surface area contributed by atoms with Gasteiger partial charge in [0, 0.05) is 30.7 Å². The molecule has 1 saturated heterocycles. The number of aldehydes is 1. The molecule has 0 unspecified atom stereocenters. The molecule has 0 saturated carbocycles. The predicted octanol–water partition coefficient (Wildman–Crippen LogP) is 3.17. The highest BCUT2D eigenvalue weighted by Gasteiger charge is 2.13. The second-order valence-corrected chi connectivity index (χ2v) is 7.08. The van der Waals surface area contributed by atoms with Crippen molar-refractivity contribution in [3.05, 3.63) is 76.6 Å². The van der Waals surface area contributed by atoms with E-state index in [0.29, 0.717) is 28.0 Å². The molecule has 1 aliphatic rings. The molecular formula is C22H24ClFN4O2. The van der Waals surface area contributed by atoms with Crippen molar-refractivity contribution in [1.29, 1.82) is 0 Å². The number of carbonyl (C=O) groups is 2. The Balaban J connectivity index is 0.000000386. The predicted molar refractivity (Wildman–Crippen MR) is 118 cm³/mol. The molecule has 1 aliphatic heterocycles. The first kappa shape index (κ1) is 23.3. The van der Waals surface area contributed by atoms with Crippen LogP contribution in [0.1, 0.15) is 12.5 Å². The number of nitrogens with zero attached hydrogens (tertiary/aromatic N) is 2. The third kappa shape index (κ3) is 7.42. The molecule has 30 heavy (non-hydrogen) atoms. The molecule has 6 nitrogen and oxygen atoms in total. The number of allylic oxidation sites excluding steroid dienone is 2. The molecule has 3 rings (SSSR count). The topological polar surface area (TPSA) is 73.8 Å². The van der Waals surface area contributed by atoms with Crippen molar-refractivity contribution in [2.45, 2.75) is 13.0 Å². The second-order valence-electron chi connectivity index (χ2n) is 6.64. The van der Waals surface area contributed by atoms with Crippen LogP contribution in [0.3, 0.4) is 0 Å². The van der Waals surface area contributed by atoms with Gasteiger partial charge in [0.2, 0.25) is 6.41 Å². The van der Waals surface area contributed by atoms with Gasteiger partial charge in [0.25, 0.3) is 0 Å². The van der Waals surface area contributed by atoms with Crippen LogP contribution in [0.2, 0.25) is 5.02 Å². The van der Waals surface area contributed by atoms with Crippen molar-refractivity contribution >= 4 is 35.7 Å². The van der Waals surface area contributed by atoms with Crippen molar-refractivity contribution in [3.8, 4) is 0 Å². The van der Waals surface area contributed by atoms with E-state index in [9.17, 15) is 14.0 Å². The monoisotopic (exact) mass is 430 g/mol. The number of amides is 1. The van der Waals surface area contributed by atoms with Crippen molar-refractivity contribution in [2.24, 2.45) is 5.10 Å². The highest BCUT2D eigenvalue weighted by Crippen LogP contribution is 2.17. The van der Waals surface area contributed by atoms with E-state index in [1.165, 1.54) is 12.1 Å². The third-order valence-corrected chi connectivity index (χ3v) is 4.47. The summed E-state index contributed by atoms with van der Waals surface area (Å²) in [4.78, 5) is 20.6. The summed E-state index contributed by atoms with van der Waals surface area (Å²) in [6, 6.07) is 13.7. The van der Waals surface area contributed by atoms with Gasteiger partial charge in [-0.1, -0.05) is 29.8 Å². The number of nitrogens with one attached hydrogen (secondary N) is 2. The number of anilines is 1. The number of hydrogen-bond acceptors (Lipinski definition) is 5. The second kappa shape index (κ2) is 11.8. The van der Waals surface area contributed by atoms with E-state index in [-0.39, 0.29) is 5.82 Å². The first-order chi connectivity index (χ1) is 14.4. The summed E-state index contributed by atoms with van der Waals surface area (Å²) in [6.07, 6.45) is 3.17. The summed E-state index contributed by atoms with van der Waals surface area (Å²) in [6.45, 7) is 3.55. The Labute approximate surface area is 180 Å². The number of benzene rings is 2. The van der Waals surface area contributed by atoms with Gasteiger partial charge in [-0.05, 0) is 48.9 Å². The van der Waals surface area contributed by atoms with Gasteiger partial charge in [-0.2, -0.15) is 5.10 Å². The van der Waals surface area contributed by atoms with Crippen LogP contribution in [-0.4, -0.2) is 44.6 Å². The van der Waals surface area contributed by atoms with Crippen LogP contribution >= 0.6 is 11.6 Å². The maximum atomic E-state index is 13.3. The van der Waals surface area contributed by atoms with Gasteiger partial charge in [0.1, 0.15) is 12.1 Å². The van der Waals surface area contributed by atoms with E-state index in [1.807, 2.05) is 12.1 Å². The summed E-state index contributed by atoms with van der Waals surface area (Å²) in [7, 11) is 1.72. The van der Waals surface area contributed by atoms with E-state index in [2.05, 4.69) is 15.7 Å². The quantitative estimate of drug-likeness (QED) is 0.306. The maximum absolute atomic E-state index is 13.3. The zero-order chi connectivity index (χ0) is 21.9. The number of rotatable bonds is 7. The van der Waals surface area contributed by atoms with Gasteiger partial charge < -0.3 is 10.6 Å². The van der Waals surface area contributed by atoms with Crippen LogP contribution in [0.15, 0.2) is 65.3 Å². The lowest BCUT2D eigenvalue weighted by atomic mass is 10.1. The molecule has 0 aliphatic carbocycles. The maximum Gasteiger partial charge on any atom is 0.207 e. The van der Waals surface area contributed by atoms with Gasteiger partial charge in [0.05, 0.1) is 17.4 Å². The molecule has 0 radical (unpaired) electrons. The summed E-state index contributed by atoms with van der Waals surface area (Å²) in [5.74, 6) is -0.336. The van der Waals surface area contributed by atoms with Gasteiger partial charge in [-0.15, -0.1) is 0 Å². The fraction of sp³-hybridized carbons (Fsp3) is 0.227. The molecule has 1 amide bonds. The summed E-state index contributed by atoms with van der Waals surface area (Å²) >= 11 is 5.90. The first-order valence-corrected chi connectivity index (χ1v) is 9.68. The Kier molecular flexibility index (Phi) is 9.18. The summed E-state index contributed by atoms with van der Waals surface area (Å²) < 4.78 is 13.3. The molecule has 2 N–H and O–H groups in total. The lowest BCUT2D eigenvalue weighted by Gasteiger charge is -2.25. The zero-order valence-corrected chi connectivity index (χ0v) is 17.6. The van der Waals surface area contributed by atoms with E-state index >= 15 is 0 Å². The first-order valence-electron chi connectivity index (χ1n) is 9.30. The van der Waals surface area contributed by atoms with Crippen LogP contribution in [0.4, 0.5) is 10.1 Å². The minimum Gasteiger partial charge on any atom is -0.353 e. The standard InChI is InChI=1S/C18H16ClFN2O.C4H8N2O/c1-13(12-23)10-18(14-6-8-15(19)9-7-14)21-22(2)17-5-3-4-16(20)11-17;7-3-6-4-1-5-2-4/h3-12H,1-2H3;3-5H,1-2H2,(H,6,7)/b13-10-,21-18+;. The highest BCUT2D eigenvalue weighted by atomic mass is 35.5. The summed E-state index contributed by atoms with van der Waals surface area (Å²) in [5.41, 5.74) is 2.52. The van der Waals surface area contributed by atoms with E-state index in [1.54, 1.807) is 49.3 Å². The molecule has 1 fully saturated rings. The van der Waals surface area contributed by atoms with E-state index in [4.69, 9.17) is 11.6 Å². The van der Waals surface area contributed by atoms with Crippen LogP contribution < -0.4 is 15.6 Å². The summed E-state index contributed by atoms with van der Waals surface area (Å²) in [5, 5.41) is 12.3. The lowest BCUT2D eigenvalue weighted by molar-refractivity contribution is -0.110. The van der Waals surface area contributed by atoms with E-state index < -0.39 is 0 Å². The van der Waals surface area contributed by atoms with Crippen molar-refractivity contribution in [1.82, 2.24) is 10.6 Å². The van der Waals surface area contributed by atoms with Gasteiger partial charge in [0.15, 0.2) is 0 Å². The van der Waals surface area contributed by atoms with Crippen LogP contribution in [0.5, 0.6) is 0 Å². The number of hydrazone groups is 1.